The number of nitrogens with one attached hydrogen (secondary N) is 2. The predicted octanol–water partition coefficient (Wildman–Crippen LogP) is 9.64. The van der Waals surface area contributed by atoms with E-state index in [1.807, 2.05) is 103 Å². The van der Waals surface area contributed by atoms with Gasteiger partial charge in [-0.25, -0.2) is 0 Å². The highest BCUT2D eigenvalue weighted by Gasteiger charge is 2.36. The summed E-state index contributed by atoms with van der Waals surface area (Å²) in [4.78, 5) is 107. The SMILES string of the molecule is CC(C)N(CCCNCCN1C(=O)c2cccc3c2c(cc2ccoc23)C1=O)CCN1C(=O)c2cccc3cccc(c23)C1=O.CC(C)N(CCCNCCn1c(O)c2cccc3cc4c(c(c1=O)c32)=NC=C4)CCN1C(=O)c2cccc3cccc(c23)C1=O. The van der Waals surface area contributed by atoms with E-state index in [2.05, 4.69) is 53.1 Å². The Morgan fingerprint density at radius 2 is 0.933 bits per heavy atom. The monoisotopic (exact) mass is 1200 g/mol. The summed E-state index contributed by atoms with van der Waals surface area (Å²) >= 11 is 0. The minimum Gasteiger partial charge on any atom is -0.494 e. The molecule has 0 saturated carbocycles. The van der Waals surface area contributed by atoms with Crippen LogP contribution in [0.5, 0.6) is 5.88 Å². The fourth-order valence-corrected chi connectivity index (χ4v) is 13.5. The van der Waals surface area contributed by atoms with E-state index >= 15 is 0 Å². The summed E-state index contributed by atoms with van der Waals surface area (Å²) in [6.45, 7) is 14.7. The molecule has 0 bridgehead atoms. The highest BCUT2D eigenvalue weighted by molar-refractivity contribution is 6.29. The maximum atomic E-state index is 13.6. The molecule has 0 radical (unpaired) electrons. The summed E-state index contributed by atoms with van der Waals surface area (Å²) in [7, 11) is 0. The molecule has 18 heteroatoms. The normalized spacial score (nSPS) is 14.4. The largest absolute Gasteiger partial charge is 0.494 e. The van der Waals surface area contributed by atoms with Gasteiger partial charge in [0.05, 0.1) is 17.0 Å². The van der Waals surface area contributed by atoms with Gasteiger partial charge in [0.2, 0.25) is 5.88 Å². The second-order valence-electron chi connectivity index (χ2n) is 24.0. The number of fused-ring (bicyclic) bond motifs is 4. The Kier molecular flexibility index (Phi) is 16.3. The third-order valence-corrected chi connectivity index (χ3v) is 18.1. The van der Waals surface area contributed by atoms with Crippen LogP contribution in [-0.4, -0.2) is 154 Å². The summed E-state index contributed by atoms with van der Waals surface area (Å²) in [5.74, 6) is -1.59. The molecule has 0 atom stereocenters. The van der Waals surface area contributed by atoms with Crippen LogP contribution in [0.4, 0.5) is 0 Å². The van der Waals surface area contributed by atoms with Crippen molar-refractivity contribution in [3.8, 4) is 5.88 Å². The minimum absolute atomic E-state index is 0.0301. The highest BCUT2D eigenvalue weighted by Crippen LogP contribution is 2.37. The number of carbonyl (C=O) groups excluding carboxylic acids is 6. The molecule has 18 nitrogen and oxygen atoms in total. The number of pyridine rings is 1. The van der Waals surface area contributed by atoms with Crippen LogP contribution >= 0.6 is 0 Å². The van der Waals surface area contributed by atoms with Crippen molar-refractivity contribution >= 4 is 106 Å². The zero-order valence-electron chi connectivity index (χ0n) is 50.8. The van der Waals surface area contributed by atoms with Crippen LogP contribution in [0.2, 0.25) is 0 Å². The van der Waals surface area contributed by atoms with E-state index in [0.29, 0.717) is 119 Å². The van der Waals surface area contributed by atoms with Gasteiger partial charge < -0.3 is 20.2 Å². The Balaban J connectivity index is 0.000000165. The van der Waals surface area contributed by atoms with Crippen molar-refractivity contribution in [3.63, 3.8) is 0 Å². The molecule has 4 aliphatic rings. The molecular formula is C72H69N9O9. The number of furan rings is 1. The van der Waals surface area contributed by atoms with Gasteiger partial charge in [0.25, 0.3) is 41.0 Å². The molecule has 4 aliphatic heterocycles. The average molecular weight is 1200 g/mol. The molecule has 6 heterocycles. The van der Waals surface area contributed by atoms with Crippen molar-refractivity contribution in [1.29, 1.82) is 0 Å². The molecule has 0 saturated heterocycles. The summed E-state index contributed by atoms with van der Waals surface area (Å²) in [6.07, 6.45) is 6.87. The van der Waals surface area contributed by atoms with Gasteiger partial charge in [-0.3, -0.25) is 67.6 Å². The first-order valence-electron chi connectivity index (χ1n) is 31.0. The molecule has 0 aliphatic carbocycles. The average Bonchev–Trinajstić information content (AvgIpc) is 1.39. The third kappa shape index (κ3) is 10.6. The topological polar surface area (TPSA) is 210 Å². The maximum absolute atomic E-state index is 13.6. The number of nitrogens with zero attached hydrogens (tertiary/aromatic N) is 7. The van der Waals surface area contributed by atoms with E-state index in [4.69, 9.17) is 4.42 Å². The maximum Gasteiger partial charge on any atom is 0.263 e. The van der Waals surface area contributed by atoms with Gasteiger partial charge >= 0.3 is 0 Å². The van der Waals surface area contributed by atoms with Crippen LogP contribution in [0, 0.1) is 0 Å². The van der Waals surface area contributed by atoms with Gasteiger partial charge in [0.15, 0.2) is 0 Å². The van der Waals surface area contributed by atoms with Crippen LogP contribution in [0.3, 0.4) is 0 Å². The second-order valence-corrected chi connectivity index (χ2v) is 24.0. The third-order valence-electron chi connectivity index (χ3n) is 18.1. The molecule has 10 aromatic rings. The number of aromatic hydroxyl groups is 1. The van der Waals surface area contributed by atoms with Crippen molar-refractivity contribution < 1.29 is 38.3 Å². The lowest BCUT2D eigenvalue weighted by atomic mass is 9.92. The van der Waals surface area contributed by atoms with Crippen LogP contribution in [0.15, 0.2) is 154 Å². The van der Waals surface area contributed by atoms with Crippen molar-refractivity contribution in [2.45, 2.75) is 59.2 Å². The lowest BCUT2D eigenvalue weighted by molar-refractivity contribution is 0.0569. The number of rotatable bonds is 22. The van der Waals surface area contributed by atoms with Crippen molar-refractivity contribution in [2.75, 3.05) is 72.0 Å². The first-order chi connectivity index (χ1) is 43.7. The number of hydrogen-bond acceptors (Lipinski definition) is 14. The summed E-state index contributed by atoms with van der Waals surface area (Å²) in [6, 6.07) is 39.6. The second kappa shape index (κ2) is 24.7. The van der Waals surface area contributed by atoms with Gasteiger partial charge in [0, 0.05) is 147 Å². The number of hydrogen-bond donors (Lipinski definition) is 3. The Labute approximate surface area is 518 Å². The standard InChI is InChI=1S/C36H35N5O4.C36H34N4O5/c1-22(2)39(19-20-41-33(42)26-10-3-7-23-8-4-11-27(29(23)26)34(41)43)17-6-14-37-16-18-40-35(44)28-12-5-9-24-21-25-13-15-38-32(25)31(30(24)28)36(40)45;1-22(2)38(18-19-40-33(41)26-10-3-7-23-8-4-11-27(30(23)26)34(40)42)16-6-14-37-15-17-39-35(43)28-12-5-9-25-31(28)29(36(39)44)21-24-13-20-45-32(24)25/h3-5,7-13,15,21-22,37,44H,6,14,16-20H2,1-2H3;3-5,7-13,20-22,37H,6,14-19H2,1-2H3. The fraction of sp³-hybridized carbons (Fsp3) is 0.278. The molecule has 0 spiro atoms. The minimum atomic E-state index is -0.294. The Hall–Kier alpha value is -9.72. The van der Waals surface area contributed by atoms with Crippen LogP contribution < -0.4 is 21.6 Å². The number of amides is 6. The molecule has 8 aromatic carbocycles. The number of aromatic nitrogens is 1. The molecule has 2 aromatic heterocycles. The van der Waals surface area contributed by atoms with E-state index in [0.717, 1.165) is 74.6 Å². The zero-order valence-corrected chi connectivity index (χ0v) is 50.8. The van der Waals surface area contributed by atoms with Gasteiger partial charge in [0.1, 0.15) is 5.58 Å². The number of imide groups is 3. The van der Waals surface area contributed by atoms with Crippen LogP contribution in [0.25, 0.3) is 70.9 Å². The first kappa shape index (κ1) is 59.3. The summed E-state index contributed by atoms with van der Waals surface area (Å²) < 4.78 is 7.07. The van der Waals surface area contributed by atoms with Crippen molar-refractivity contribution in [3.05, 3.63) is 195 Å². The number of carbonyl (C=O) groups is 6. The zero-order chi connectivity index (χ0) is 62.5. The molecule has 3 N–H and O–H groups in total. The first-order valence-corrected chi connectivity index (χ1v) is 31.0. The summed E-state index contributed by atoms with van der Waals surface area (Å²) in [5.41, 5.74) is 4.68. The fourth-order valence-electron chi connectivity index (χ4n) is 13.5. The smallest absolute Gasteiger partial charge is 0.263 e. The predicted molar refractivity (Wildman–Crippen MR) is 349 cm³/mol. The highest BCUT2D eigenvalue weighted by atomic mass is 16.3. The Morgan fingerprint density at radius 3 is 1.48 bits per heavy atom. The van der Waals surface area contributed by atoms with E-state index < -0.39 is 0 Å². The number of benzene rings is 8. The quantitative estimate of drug-likeness (QED) is 0.0427. The van der Waals surface area contributed by atoms with Gasteiger partial charge in [-0.2, -0.15) is 0 Å². The molecule has 456 valence electrons. The lowest BCUT2D eigenvalue weighted by Crippen LogP contribution is -2.46. The van der Waals surface area contributed by atoms with E-state index in [9.17, 15) is 38.7 Å². The Morgan fingerprint density at radius 1 is 0.467 bits per heavy atom. The molecule has 90 heavy (non-hydrogen) atoms. The van der Waals surface area contributed by atoms with Crippen molar-refractivity contribution in [1.82, 2.24) is 39.7 Å². The van der Waals surface area contributed by atoms with E-state index in [1.165, 1.54) is 19.3 Å². The van der Waals surface area contributed by atoms with E-state index in [-0.39, 0.29) is 65.5 Å². The van der Waals surface area contributed by atoms with Gasteiger partial charge in [-0.05, 0) is 144 Å². The van der Waals surface area contributed by atoms with Crippen molar-refractivity contribution in [2.24, 2.45) is 4.99 Å². The molecular weight excluding hydrogens is 1130 g/mol. The molecule has 0 unspecified atom stereocenters. The Bertz CT molecular complexity index is 4650. The van der Waals surface area contributed by atoms with Crippen LogP contribution in [0.1, 0.15) is 108 Å². The molecule has 14 rings (SSSR count). The van der Waals surface area contributed by atoms with Gasteiger partial charge in [-0.1, -0.05) is 72.8 Å². The van der Waals surface area contributed by atoms with Crippen LogP contribution in [-0.2, 0) is 6.54 Å². The lowest BCUT2D eigenvalue weighted by Gasteiger charge is -2.32. The molecule has 6 amide bonds. The molecule has 0 fully saturated rings. The summed E-state index contributed by atoms with van der Waals surface area (Å²) in [5, 5.41) is 26.9. The van der Waals surface area contributed by atoms with Gasteiger partial charge in [-0.15, -0.1) is 0 Å². The van der Waals surface area contributed by atoms with E-state index in [1.54, 1.807) is 42.8 Å².